The molecule has 0 saturated carbocycles. The summed E-state index contributed by atoms with van der Waals surface area (Å²) in [5.41, 5.74) is -1.60. The van der Waals surface area contributed by atoms with Gasteiger partial charge in [-0.2, -0.15) is 0 Å². The van der Waals surface area contributed by atoms with Crippen molar-refractivity contribution in [2.75, 3.05) is 32.2 Å². The fourth-order valence-corrected chi connectivity index (χ4v) is 2.55. The molecule has 14 heteroatoms. The number of hydrogen-bond acceptors (Lipinski definition) is 11. The lowest BCUT2D eigenvalue weighted by atomic mass is 9.99. The van der Waals surface area contributed by atoms with Crippen molar-refractivity contribution in [3.05, 3.63) is 6.20 Å². The molecule has 8 N–H and O–H groups in total. The number of aromatic nitrogens is 3. The van der Waals surface area contributed by atoms with Gasteiger partial charge in [0.05, 0.1) is 32.6 Å². The van der Waals surface area contributed by atoms with Crippen LogP contribution >= 0.6 is 0 Å². The Bertz CT molecular complexity index is 630. The summed E-state index contributed by atoms with van der Waals surface area (Å²) in [4.78, 5) is 11.9. The van der Waals surface area contributed by atoms with E-state index in [2.05, 4.69) is 20.9 Å². The van der Waals surface area contributed by atoms with Crippen LogP contribution in [0.25, 0.3) is 0 Å². The zero-order valence-corrected chi connectivity index (χ0v) is 15.0. The minimum atomic E-state index is -1.60. The summed E-state index contributed by atoms with van der Waals surface area (Å²) in [6.07, 6.45) is -5.13. The Kier molecular flexibility index (Phi) is 7.62. The standard InChI is InChI=1S/C14H25N5O9/c1-27-12-11(25)10(24)9(23)7(28-12)2-19-3-8(17-18-19)15-13(26)16-14(4-20,5-21)6-22/h3,7,9-12,20-25H,2,4-6H2,1H3,(H2,15,16,26)/t7?,9-,10+,11-,12+/m1/s1. The Hall–Kier alpha value is -1.91. The maximum atomic E-state index is 11.9. The van der Waals surface area contributed by atoms with Gasteiger partial charge in [0.2, 0.25) is 0 Å². The predicted octanol–water partition coefficient (Wildman–Crippen LogP) is -4.43. The van der Waals surface area contributed by atoms with Crippen LogP contribution in [0.1, 0.15) is 0 Å². The summed E-state index contributed by atoms with van der Waals surface area (Å²) in [7, 11) is 1.27. The maximum absolute atomic E-state index is 11.9. The van der Waals surface area contributed by atoms with Crippen molar-refractivity contribution >= 4 is 11.8 Å². The predicted molar refractivity (Wildman–Crippen MR) is 89.9 cm³/mol. The smallest absolute Gasteiger partial charge is 0.321 e. The first-order valence-corrected chi connectivity index (χ1v) is 8.33. The summed E-state index contributed by atoms with van der Waals surface area (Å²) in [5.74, 6) is -0.00519. The molecule has 28 heavy (non-hydrogen) atoms. The fraction of sp³-hybridized carbons (Fsp3) is 0.786. The SMILES string of the molecule is CO[C@H]1OC(Cn2cc(NC(=O)NC(CO)(CO)CO)nn2)[C@@H](O)[C@H](O)[C@H]1O. The lowest BCUT2D eigenvalue weighted by molar-refractivity contribution is -0.292. The molecular formula is C14H25N5O9. The molecular weight excluding hydrogens is 382 g/mol. The molecule has 1 saturated heterocycles. The Balaban J connectivity index is 1.97. The van der Waals surface area contributed by atoms with Crippen molar-refractivity contribution < 1.29 is 44.9 Å². The number of rotatable bonds is 8. The zero-order chi connectivity index (χ0) is 20.9. The molecule has 2 amide bonds. The number of aliphatic hydroxyl groups excluding tert-OH is 6. The minimum Gasteiger partial charge on any atom is -0.394 e. The van der Waals surface area contributed by atoms with E-state index in [-0.39, 0.29) is 12.4 Å². The molecule has 1 aromatic heterocycles. The van der Waals surface area contributed by atoms with Gasteiger partial charge in [0.15, 0.2) is 12.1 Å². The number of hydrogen-bond donors (Lipinski definition) is 8. The molecule has 14 nitrogen and oxygen atoms in total. The highest BCUT2D eigenvalue weighted by molar-refractivity contribution is 5.88. The molecule has 0 aromatic carbocycles. The number of methoxy groups -OCH3 is 1. The van der Waals surface area contributed by atoms with E-state index in [0.717, 1.165) is 0 Å². The molecule has 2 rings (SSSR count). The molecule has 0 aliphatic carbocycles. The molecule has 2 heterocycles. The summed E-state index contributed by atoms with van der Waals surface area (Å²) in [6.45, 7) is -2.14. The topological polar surface area (TPSA) is 212 Å². The summed E-state index contributed by atoms with van der Waals surface area (Å²) in [6, 6.07) is -0.851. The Morgan fingerprint density at radius 1 is 1.21 bits per heavy atom. The van der Waals surface area contributed by atoms with E-state index in [1.807, 2.05) is 0 Å². The van der Waals surface area contributed by atoms with Crippen molar-refractivity contribution in [1.82, 2.24) is 20.3 Å². The number of ether oxygens (including phenoxy) is 2. The van der Waals surface area contributed by atoms with E-state index in [9.17, 15) is 35.4 Å². The second-order valence-electron chi connectivity index (χ2n) is 6.41. The largest absolute Gasteiger partial charge is 0.394 e. The summed E-state index contributed by atoms with van der Waals surface area (Å²) >= 11 is 0. The van der Waals surface area contributed by atoms with Gasteiger partial charge in [-0.05, 0) is 0 Å². The molecule has 1 fully saturated rings. The third-order valence-corrected chi connectivity index (χ3v) is 4.33. The average molecular weight is 407 g/mol. The number of amides is 2. The maximum Gasteiger partial charge on any atom is 0.321 e. The number of nitrogens with zero attached hydrogens (tertiary/aromatic N) is 3. The molecule has 0 spiro atoms. The number of urea groups is 1. The molecule has 1 aromatic rings. The first kappa shape index (κ1) is 22.4. The van der Waals surface area contributed by atoms with E-state index in [1.165, 1.54) is 18.0 Å². The number of aliphatic hydroxyl groups is 6. The second kappa shape index (κ2) is 9.53. The van der Waals surface area contributed by atoms with Gasteiger partial charge in [-0.3, -0.25) is 5.32 Å². The van der Waals surface area contributed by atoms with Crippen LogP contribution in [0.3, 0.4) is 0 Å². The van der Waals surface area contributed by atoms with Crippen LogP contribution in [0, 0.1) is 0 Å². The third kappa shape index (κ3) is 4.92. The highest BCUT2D eigenvalue weighted by Gasteiger charge is 2.44. The summed E-state index contributed by atoms with van der Waals surface area (Å²) < 4.78 is 11.5. The van der Waals surface area contributed by atoms with Crippen LogP contribution in [-0.4, -0.2) is 115 Å². The number of anilines is 1. The van der Waals surface area contributed by atoms with Crippen LogP contribution in [0.2, 0.25) is 0 Å². The van der Waals surface area contributed by atoms with Gasteiger partial charge >= 0.3 is 6.03 Å². The van der Waals surface area contributed by atoms with Gasteiger partial charge in [-0.1, -0.05) is 5.21 Å². The van der Waals surface area contributed by atoms with Crippen molar-refractivity contribution in [1.29, 1.82) is 0 Å². The van der Waals surface area contributed by atoms with Crippen molar-refractivity contribution in [3.63, 3.8) is 0 Å². The van der Waals surface area contributed by atoms with Gasteiger partial charge in [0.25, 0.3) is 0 Å². The van der Waals surface area contributed by atoms with E-state index < -0.39 is 62.1 Å². The quantitative estimate of drug-likeness (QED) is 0.206. The van der Waals surface area contributed by atoms with Crippen LogP contribution < -0.4 is 10.6 Å². The highest BCUT2D eigenvalue weighted by Crippen LogP contribution is 2.22. The molecule has 0 bridgehead atoms. The van der Waals surface area contributed by atoms with Gasteiger partial charge < -0.3 is 45.4 Å². The zero-order valence-electron chi connectivity index (χ0n) is 15.0. The first-order valence-electron chi connectivity index (χ1n) is 8.33. The van der Waals surface area contributed by atoms with E-state index in [0.29, 0.717) is 0 Å². The van der Waals surface area contributed by atoms with Crippen LogP contribution in [0.5, 0.6) is 0 Å². The van der Waals surface area contributed by atoms with Gasteiger partial charge in [0, 0.05) is 7.11 Å². The first-order chi connectivity index (χ1) is 13.3. The van der Waals surface area contributed by atoms with Crippen molar-refractivity contribution in [3.8, 4) is 0 Å². The fourth-order valence-electron chi connectivity index (χ4n) is 2.55. The third-order valence-electron chi connectivity index (χ3n) is 4.33. The lowest BCUT2D eigenvalue weighted by Crippen LogP contribution is -2.58. The molecule has 5 atom stereocenters. The lowest BCUT2D eigenvalue weighted by Gasteiger charge is -2.39. The molecule has 0 radical (unpaired) electrons. The normalized spacial score (nSPS) is 28.2. The van der Waals surface area contributed by atoms with Gasteiger partial charge in [-0.25, -0.2) is 9.48 Å². The van der Waals surface area contributed by atoms with Crippen molar-refractivity contribution in [2.24, 2.45) is 0 Å². The van der Waals surface area contributed by atoms with Gasteiger partial charge in [0.1, 0.15) is 30.0 Å². The van der Waals surface area contributed by atoms with Crippen LogP contribution in [-0.2, 0) is 16.0 Å². The second-order valence-corrected chi connectivity index (χ2v) is 6.41. The van der Waals surface area contributed by atoms with Crippen LogP contribution in [0.4, 0.5) is 10.6 Å². The van der Waals surface area contributed by atoms with E-state index in [4.69, 9.17) is 9.47 Å². The Morgan fingerprint density at radius 3 is 2.43 bits per heavy atom. The summed E-state index contributed by atoms with van der Waals surface area (Å²) in [5, 5.41) is 69.3. The number of carbonyl (C=O) groups excluding carboxylic acids is 1. The van der Waals surface area contributed by atoms with E-state index >= 15 is 0 Å². The van der Waals surface area contributed by atoms with Crippen molar-refractivity contribution in [2.45, 2.75) is 42.8 Å². The van der Waals surface area contributed by atoms with E-state index in [1.54, 1.807) is 0 Å². The monoisotopic (exact) mass is 407 g/mol. The minimum absolute atomic E-state index is 0.00519. The number of nitrogens with one attached hydrogen (secondary N) is 2. The Labute approximate surface area is 159 Å². The molecule has 1 aliphatic heterocycles. The molecule has 1 aliphatic rings. The van der Waals surface area contributed by atoms with Crippen LogP contribution in [0.15, 0.2) is 6.20 Å². The number of carbonyl (C=O) groups is 1. The molecule has 1 unspecified atom stereocenters. The highest BCUT2D eigenvalue weighted by atomic mass is 16.7. The van der Waals surface area contributed by atoms with Gasteiger partial charge in [-0.15, -0.1) is 5.10 Å². The Morgan fingerprint density at radius 2 is 1.86 bits per heavy atom. The average Bonchev–Trinajstić information content (AvgIpc) is 3.13. The molecule has 160 valence electrons.